The quantitative estimate of drug-likeness (QED) is 0.354. The summed E-state index contributed by atoms with van der Waals surface area (Å²) in [4.78, 5) is 8.78. The molecule has 21 heavy (non-hydrogen) atoms. The van der Waals surface area contributed by atoms with Crippen molar-refractivity contribution in [3.8, 4) is 0 Å². The SMILES string of the molecule is COC(C)(OC)C([SiH3])(OC)[N+](C)(C)C.O=C([O-])C(F)(F)F. The average Bonchev–Trinajstić information content (AvgIpc) is 2.34. The largest absolute Gasteiger partial charge is 0.542 e. The molecule has 0 aromatic carbocycles. The van der Waals surface area contributed by atoms with Crippen molar-refractivity contribution in [2.45, 2.75) is 24.2 Å². The minimum absolute atomic E-state index is 0.434. The van der Waals surface area contributed by atoms with E-state index < -0.39 is 23.3 Å². The van der Waals surface area contributed by atoms with Crippen LogP contribution >= 0.6 is 0 Å². The van der Waals surface area contributed by atoms with E-state index in [9.17, 15) is 13.2 Å². The average molecular weight is 335 g/mol. The van der Waals surface area contributed by atoms with Crippen molar-refractivity contribution in [2.24, 2.45) is 0 Å². The first-order valence-corrected chi connectivity index (χ1v) is 6.88. The molecular formula is C11H24F3NO5Si. The molecular weight excluding hydrogens is 311 g/mol. The molecule has 10 heteroatoms. The summed E-state index contributed by atoms with van der Waals surface area (Å²) < 4.78 is 48.7. The number of carboxylic acids is 1. The Hall–Kier alpha value is -0.683. The number of likely N-dealkylation sites (N-methyl/N-ethyl adjacent to an activating group) is 1. The summed E-state index contributed by atoms with van der Waals surface area (Å²) >= 11 is 0. The first kappa shape index (κ1) is 22.6. The molecule has 0 aromatic heterocycles. The first-order valence-electron chi connectivity index (χ1n) is 5.88. The lowest BCUT2D eigenvalue weighted by molar-refractivity contribution is -0.946. The number of rotatable bonds is 5. The van der Waals surface area contributed by atoms with Gasteiger partial charge in [-0.1, -0.05) is 0 Å². The molecule has 0 N–H and O–H groups in total. The third-order valence-corrected chi connectivity index (χ3v) is 6.19. The maximum atomic E-state index is 10.5. The van der Waals surface area contributed by atoms with Gasteiger partial charge in [0, 0.05) is 21.3 Å². The van der Waals surface area contributed by atoms with Gasteiger partial charge in [-0.05, 0) is 6.92 Å². The maximum Gasteiger partial charge on any atom is 0.430 e. The molecule has 0 rings (SSSR count). The van der Waals surface area contributed by atoms with Gasteiger partial charge in [-0.25, -0.2) is 0 Å². The van der Waals surface area contributed by atoms with Crippen molar-refractivity contribution in [3.05, 3.63) is 0 Å². The molecule has 6 nitrogen and oxygen atoms in total. The fourth-order valence-corrected chi connectivity index (χ4v) is 1.94. The molecule has 0 spiro atoms. The van der Waals surface area contributed by atoms with Crippen LogP contribution in [-0.4, -0.2) is 80.5 Å². The summed E-state index contributed by atoms with van der Waals surface area (Å²) in [5, 5.41) is 8.35. The number of carboxylic acid groups (broad SMARTS) is 1. The number of hydrogen-bond acceptors (Lipinski definition) is 5. The molecule has 0 aromatic rings. The van der Waals surface area contributed by atoms with E-state index in [0.717, 1.165) is 10.2 Å². The standard InChI is InChI=1S/C9H24NO3Si.C2HF3O2/c1-8(11-5,12-6)9(14,13-7)10(2,3)4;3-2(4,5)1(6)7/h1-7,14H3;(H,6,7)/q+1;/p-1. The van der Waals surface area contributed by atoms with Crippen molar-refractivity contribution in [2.75, 3.05) is 42.5 Å². The van der Waals surface area contributed by atoms with Gasteiger partial charge in [0.2, 0.25) is 11.1 Å². The monoisotopic (exact) mass is 335 g/mol. The van der Waals surface area contributed by atoms with E-state index in [4.69, 9.17) is 24.1 Å². The number of quaternary nitrogens is 1. The number of halogens is 3. The van der Waals surface area contributed by atoms with E-state index in [1.165, 1.54) is 0 Å². The minimum Gasteiger partial charge on any atom is -0.542 e. The molecule has 0 bridgehead atoms. The van der Waals surface area contributed by atoms with Gasteiger partial charge in [-0.2, -0.15) is 13.2 Å². The molecule has 0 saturated carbocycles. The number of carbonyl (C=O) groups excluding carboxylic acids is 1. The van der Waals surface area contributed by atoms with Crippen LogP contribution in [0.2, 0.25) is 0 Å². The zero-order chi connectivity index (χ0) is 17.7. The number of carbonyl (C=O) groups is 1. The number of hydrogen-bond donors (Lipinski definition) is 0. The fourth-order valence-electron chi connectivity index (χ4n) is 1.53. The second kappa shape index (κ2) is 7.54. The molecule has 1 atom stereocenters. The van der Waals surface area contributed by atoms with Crippen molar-refractivity contribution < 1.29 is 41.8 Å². The van der Waals surface area contributed by atoms with E-state index >= 15 is 0 Å². The molecule has 0 saturated heterocycles. The third-order valence-electron chi connectivity index (χ3n) is 3.53. The van der Waals surface area contributed by atoms with Crippen molar-refractivity contribution >= 4 is 16.2 Å². The van der Waals surface area contributed by atoms with Crippen LogP contribution in [0, 0.1) is 0 Å². The van der Waals surface area contributed by atoms with Crippen molar-refractivity contribution in [3.63, 3.8) is 0 Å². The Morgan fingerprint density at radius 3 is 1.38 bits per heavy atom. The molecule has 0 fully saturated rings. The Labute approximate surface area is 125 Å². The van der Waals surface area contributed by atoms with Gasteiger partial charge in [0.25, 0.3) is 0 Å². The Morgan fingerprint density at radius 1 is 1.05 bits per heavy atom. The molecule has 0 amide bonds. The Morgan fingerprint density at radius 2 is 1.33 bits per heavy atom. The summed E-state index contributed by atoms with van der Waals surface area (Å²) in [5.74, 6) is -3.72. The predicted octanol–water partition coefficient (Wildman–Crippen LogP) is -1.33. The predicted molar refractivity (Wildman–Crippen MR) is 71.2 cm³/mol. The number of ether oxygens (including phenoxy) is 3. The Bertz CT molecular complexity index is 342. The van der Waals surface area contributed by atoms with Gasteiger partial charge in [0.1, 0.15) is 16.2 Å². The molecule has 0 aliphatic carbocycles. The molecule has 0 aliphatic heterocycles. The van der Waals surface area contributed by atoms with Gasteiger partial charge in [0.15, 0.2) is 0 Å². The van der Waals surface area contributed by atoms with Gasteiger partial charge in [-0.3, -0.25) is 0 Å². The van der Waals surface area contributed by atoms with Crippen LogP contribution < -0.4 is 5.11 Å². The lowest BCUT2D eigenvalue weighted by atomic mass is 10.2. The minimum atomic E-state index is -5.19. The lowest BCUT2D eigenvalue weighted by Gasteiger charge is -2.50. The molecule has 0 aliphatic rings. The van der Waals surface area contributed by atoms with Crippen LogP contribution in [0.15, 0.2) is 0 Å². The van der Waals surface area contributed by atoms with Gasteiger partial charge >= 0.3 is 6.18 Å². The van der Waals surface area contributed by atoms with Crippen LogP contribution in [0.25, 0.3) is 0 Å². The Kier molecular flexibility index (Phi) is 8.11. The molecule has 1 unspecified atom stereocenters. The fraction of sp³-hybridized carbons (Fsp3) is 0.909. The summed E-state index contributed by atoms with van der Waals surface area (Å²) in [7, 11) is 12.0. The molecule has 0 radical (unpaired) electrons. The normalized spacial score (nSPS) is 15.9. The highest BCUT2D eigenvalue weighted by molar-refractivity contribution is 6.14. The van der Waals surface area contributed by atoms with Crippen LogP contribution in [-0.2, 0) is 19.0 Å². The maximum absolute atomic E-state index is 10.5. The summed E-state index contributed by atoms with van der Waals surface area (Å²) in [6.07, 6.45) is -5.19. The summed E-state index contributed by atoms with van der Waals surface area (Å²) in [6, 6.07) is 0. The van der Waals surface area contributed by atoms with E-state index in [0.29, 0.717) is 4.48 Å². The summed E-state index contributed by atoms with van der Waals surface area (Å²) in [5.41, 5.74) is 0. The number of alkyl halides is 3. The van der Waals surface area contributed by atoms with Crippen molar-refractivity contribution in [1.82, 2.24) is 0 Å². The van der Waals surface area contributed by atoms with Crippen LogP contribution in [0.1, 0.15) is 6.92 Å². The Balaban J connectivity index is 0. The van der Waals surface area contributed by atoms with E-state index in [1.807, 2.05) is 6.92 Å². The zero-order valence-corrected chi connectivity index (χ0v) is 15.6. The highest BCUT2D eigenvalue weighted by atomic mass is 28.1. The lowest BCUT2D eigenvalue weighted by Crippen LogP contribution is -2.71. The second-order valence-electron chi connectivity index (χ2n) is 5.34. The first-order chi connectivity index (χ1) is 9.13. The highest BCUT2D eigenvalue weighted by Crippen LogP contribution is 2.32. The number of methoxy groups -OCH3 is 3. The van der Waals surface area contributed by atoms with Crippen molar-refractivity contribution in [1.29, 1.82) is 0 Å². The van der Waals surface area contributed by atoms with Crippen LogP contribution in [0.3, 0.4) is 0 Å². The van der Waals surface area contributed by atoms with E-state index in [2.05, 4.69) is 21.1 Å². The highest BCUT2D eigenvalue weighted by Gasteiger charge is 2.55. The van der Waals surface area contributed by atoms with Gasteiger partial charge in [0.05, 0.1) is 21.1 Å². The van der Waals surface area contributed by atoms with E-state index in [-0.39, 0.29) is 0 Å². The smallest absolute Gasteiger partial charge is 0.430 e. The molecule has 128 valence electrons. The molecule has 0 heterocycles. The third kappa shape index (κ3) is 5.55. The second-order valence-corrected chi connectivity index (χ2v) is 6.69. The van der Waals surface area contributed by atoms with Crippen LogP contribution in [0.4, 0.5) is 13.2 Å². The number of nitrogens with zero attached hydrogens (tertiary/aromatic N) is 1. The van der Waals surface area contributed by atoms with Gasteiger partial charge in [-0.15, -0.1) is 0 Å². The zero-order valence-electron chi connectivity index (χ0n) is 13.6. The van der Waals surface area contributed by atoms with Gasteiger partial charge < -0.3 is 28.6 Å². The topological polar surface area (TPSA) is 67.8 Å². The number of aliphatic carboxylic acids is 1. The van der Waals surface area contributed by atoms with E-state index in [1.54, 1.807) is 21.3 Å². The summed E-state index contributed by atoms with van der Waals surface area (Å²) in [6.45, 7) is 1.91. The van der Waals surface area contributed by atoms with Crippen LogP contribution in [0.5, 0.6) is 0 Å².